The number of rotatable bonds is 4. The quantitative estimate of drug-likeness (QED) is 0.512. The number of methoxy groups -OCH3 is 4. The Morgan fingerprint density at radius 3 is 1.43 bits per heavy atom. The first-order valence-corrected chi connectivity index (χ1v) is 4.21. The molecule has 0 heterocycles. The Morgan fingerprint density at radius 2 is 1.43 bits per heavy atom. The predicted octanol–water partition coefficient (Wildman–Crippen LogP) is 1.17. The average Bonchev–Trinajstić information content (AvgIpc) is 2.27. The zero-order valence-corrected chi connectivity index (χ0v) is 9.75. The maximum absolute atomic E-state index is 9.96. The second kappa shape index (κ2) is 8.93. The molecule has 0 rings (SSSR count). The van der Waals surface area contributed by atoms with E-state index in [4.69, 9.17) is 14.2 Å². The van der Waals surface area contributed by atoms with E-state index in [1.165, 1.54) is 28.4 Å². The molecule has 0 amide bonds. The highest BCUT2D eigenvalue weighted by Gasteiger charge is 2.20. The lowest BCUT2D eigenvalue weighted by Crippen LogP contribution is -2.31. The molecule has 0 unspecified atom stereocenters. The van der Waals surface area contributed by atoms with Gasteiger partial charge in [-0.05, 0) is 0 Å². The molecular weight excluding hydrogens is 188 g/mol. The fourth-order valence-electron chi connectivity index (χ4n) is 0.394. The molecule has 0 aliphatic rings. The van der Waals surface area contributed by atoms with Crippen molar-refractivity contribution in [2.24, 2.45) is 0 Å². The van der Waals surface area contributed by atoms with Gasteiger partial charge in [-0.1, -0.05) is 6.92 Å². The average molecular weight is 208 g/mol. The van der Waals surface area contributed by atoms with Crippen LogP contribution in [-0.2, 0) is 23.7 Å². The van der Waals surface area contributed by atoms with Gasteiger partial charge < -0.3 is 18.9 Å². The lowest BCUT2D eigenvalue weighted by molar-refractivity contribution is -0.340. The van der Waals surface area contributed by atoms with Crippen LogP contribution in [0.1, 0.15) is 20.3 Å². The Hall–Kier alpha value is -0.650. The van der Waals surface area contributed by atoms with Crippen molar-refractivity contribution in [3.05, 3.63) is 0 Å². The van der Waals surface area contributed by atoms with E-state index in [-0.39, 0.29) is 5.97 Å². The summed E-state index contributed by atoms with van der Waals surface area (Å²) < 4.78 is 18.6. The van der Waals surface area contributed by atoms with Crippen LogP contribution in [0.4, 0.5) is 0 Å². The van der Waals surface area contributed by atoms with Gasteiger partial charge in [-0.2, -0.15) is 0 Å². The molecule has 0 aliphatic heterocycles. The molecule has 86 valence electrons. The van der Waals surface area contributed by atoms with Crippen molar-refractivity contribution >= 4 is 5.97 Å². The number of hydrogen-bond acceptors (Lipinski definition) is 5. The van der Waals surface area contributed by atoms with Crippen molar-refractivity contribution < 1.29 is 23.7 Å². The van der Waals surface area contributed by atoms with E-state index in [1.807, 2.05) is 0 Å². The van der Waals surface area contributed by atoms with E-state index in [0.717, 1.165) is 0 Å². The minimum atomic E-state index is -0.875. The molecule has 0 fully saturated rings. The second-order valence-corrected chi connectivity index (χ2v) is 2.40. The molecule has 0 aromatic rings. The molecule has 0 radical (unpaired) electrons. The van der Waals surface area contributed by atoms with E-state index in [0.29, 0.717) is 6.42 Å². The minimum absolute atomic E-state index is 0.157. The van der Waals surface area contributed by atoms with Crippen LogP contribution in [0.3, 0.4) is 0 Å². The first-order chi connectivity index (χ1) is 6.49. The smallest absolute Gasteiger partial charge is 0.305 e. The summed E-state index contributed by atoms with van der Waals surface area (Å²) in [6, 6.07) is 0. The zero-order chi connectivity index (χ0) is 11.6. The third-order valence-electron chi connectivity index (χ3n) is 1.63. The van der Waals surface area contributed by atoms with Crippen molar-refractivity contribution in [2.45, 2.75) is 26.2 Å². The van der Waals surface area contributed by atoms with E-state index in [2.05, 4.69) is 4.74 Å². The summed E-state index contributed by atoms with van der Waals surface area (Å²) in [5, 5.41) is 0. The summed E-state index contributed by atoms with van der Waals surface area (Å²) in [5.74, 6) is -1.03. The van der Waals surface area contributed by atoms with E-state index >= 15 is 0 Å². The summed E-state index contributed by atoms with van der Waals surface area (Å²) in [6.07, 6.45) is 0.469. The second-order valence-electron chi connectivity index (χ2n) is 2.40. The van der Waals surface area contributed by atoms with Crippen molar-refractivity contribution in [2.75, 3.05) is 28.4 Å². The van der Waals surface area contributed by atoms with Gasteiger partial charge in [-0.15, -0.1) is 0 Å². The zero-order valence-electron chi connectivity index (χ0n) is 9.75. The van der Waals surface area contributed by atoms with Gasteiger partial charge in [-0.25, -0.2) is 0 Å². The molecule has 0 spiro atoms. The van der Waals surface area contributed by atoms with Gasteiger partial charge >= 0.3 is 5.97 Å². The topological polar surface area (TPSA) is 54.0 Å². The molecule has 5 heteroatoms. The maximum atomic E-state index is 9.96. The third-order valence-corrected chi connectivity index (χ3v) is 1.63. The largest absolute Gasteiger partial charge is 0.469 e. The first kappa shape index (κ1) is 15.8. The number of carbonyl (C=O) groups excluding carboxylic acids is 1. The minimum Gasteiger partial charge on any atom is -0.469 e. The molecule has 0 saturated heterocycles. The monoisotopic (exact) mass is 208 g/mol. The van der Waals surface area contributed by atoms with Crippen molar-refractivity contribution in [3.8, 4) is 0 Å². The van der Waals surface area contributed by atoms with Gasteiger partial charge in [0.05, 0.1) is 7.11 Å². The van der Waals surface area contributed by atoms with Crippen molar-refractivity contribution in [1.29, 1.82) is 0 Å². The van der Waals surface area contributed by atoms with Crippen LogP contribution < -0.4 is 0 Å². The van der Waals surface area contributed by atoms with Gasteiger partial charge in [0.1, 0.15) is 0 Å². The lowest BCUT2D eigenvalue weighted by Gasteiger charge is -2.23. The van der Waals surface area contributed by atoms with Crippen LogP contribution in [0.15, 0.2) is 0 Å². The summed E-state index contributed by atoms with van der Waals surface area (Å²) in [6.45, 7) is 3.44. The molecule has 0 aromatic heterocycles. The highest BCUT2D eigenvalue weighted by molar-refractivity contribution is 5.68. The Bertz CT molecular complexity index is 128. The number of ether oxygens (including phenoxy) is 4. The lowest BCUT2D eigenvalue weighted by atomic mass is 10.5. The fourth-order valence-corrected chi connectivity index (χ4v) is 0.394. The first-order valence-electron chi connectivity index (χ1n) is 4.21. The molecule has 0 atom stereocenters. The van der Waals surface area contributed by atoms with Crippen LogP contribution in [0.25, 0.3) is 0 Å². The molecule has 5 nitrogen and oxygen atoms in total. The van der Waals surface area contributed by atoms with E-state index in [9.17, 15) is 4.79 Å². The number of hydrogen-bond donors (Lipinski definition) is 0. The molecule has 0 N–H and O–H groups in total. The van der Waals surface area contributed by atoms with Gasteiger partial charge in [0.25, 0.3) is 5.97 Å². The standard InChI is InChI=1S/C5H12O3.C4H8O2/c1-5(6-2,7-3)8-4;1-3-4(5)6-2/h1-4H3;3H2,1-2H3. The summed E-state index contributed by atoms with van der Waals surface area (Å²) >= 11 is 0. The maximum Gasteiger partial charge on any atom is 0.305 e. The van der Waals surface area contributed by atoms with Crippen molar-refractivity contribution in [1.82, 2.24) is 0 Å². The Labute approximate surface area is 85.3 Å². The summed E-state index contributed by atoms with van der Waals surface area (Å²) in [4.78, 5) is 9.96. The van der Waals surface area contributed by atoms with Crippen LogP contribution >= 0.6 is 0 Å². The Balaban J connectivity index is 0. The van der Waals surface area contributed by atoms with Crippen LogP contribution in [-0.4, -0.2) is 40.4 Å². The normalized spacial score (nSPS) is 10.1. The predicted molar refractivity (Wildman–Crippen MR) is 51.7 cm³/mol. The number of esters is 1. The Kier molecular flexibility index (Phi) is 10.1. The molecule has 0 bridgehead atoms. The van der Waals surface area contributed by atoms with Crippen LogP contribution in [0.5, 0.6) is 0 Å². The molecular formula is C9H20O5. The van der Waals surface area contributed by atoms with E-state index in [1.54, 1.807) is 13.8 Å². The highest BCUT2D eigenvalue weighted by atomic mass is 16.9. The third kappa shape index (κ3) is 7.97. The van der Waals surface area contributed by atoms with Crippen LogP contribution in [0, 0.1) is 0 Å². The fraction of sp³-hybridized carbons (Fsp3) is 0.889. The van der Waals surface area contributed by atoms with Crippen LogP contribution in [0.2, 0.25) is 0 Å². The molecule has 0 aliphatic carbocycles. The van der Waals surface area contributed by atoms with Gasteiger partial charge in [0.2, 0.25) is 0 Å². The SMILES string of the molecule is CCC(=O)OC.COC(C)(OC)OC. The summed E-state index contributed by atoms with van der Waals surface area (Å²) in [5.41, 5.74) is 0. The van der Waals surface area contributed by atoms with E-state index < -0.39 is 5.97 Å². The molecule has 0 saturated carbocycles. The van der Waals surface area contributed by atoms with Crippen molar-refractivity contribution in [3.63, 3.8) is 0 Å². The molecule has 0 aromatic carbocycles. The van der Waals surface area contributed by atoms with Gasteiger partial charge in [0, 0.05) is 34.7 Å². The highest BCUT2D eigenvalue weighted by Crippen LogP contribution is 2.08. The molecule has 14 heavy (non-hydrogen) atoms. The number of carbonyl (C=O) groups is 1. The Morgan fingerprint density at radius 1 is 1.07 bits per heavy atom. The van der Waals surface area contributed by atoms with Gasteiger partial charge in [0.15, 0.2) is 0 Å². The van der Waals surface area contributed by atoms with Gasteiger partial charge in [-0.3, -0.25) is 4.79 Å². The summed E-state index contributed by atoms with van der Waals surface area (Å²) in [7, 11) is 5.94.